The molecule has 5 heteroatoms. The molecule has 110 valence electrons. The maximum atomic E-state index is 13.6. The van der Waals surface area contributed by atoms with Crippen molar-refractivity contribution in [1.29, 1.82) is 0 Å². The predicted molar refractivity (Wildman–Crippen MR) is 84.1 cm³/mol. The number of hydrogen-bond acceptors (Lipinski definition) is 2. The second-order valence-corrected chi connectivity index (χ2v) is 5.00. The van der Waals surface area contributed by atoms with Crippen molar-refractivity contribution in [2.45, 2.75) is 19.9 Å². The van der Waals surface area contributed by atoms with Gasteiger partial charge in [0.2, 0.25) is 5.91 Å². The molecule has 0 spiro atoms. The molecule has 0 atom stereocenters. The van der Waals surface area contributed by atoms with E-state index in [2.05, 4.69) is 10.6 Å². The number of amides is 1. The molecule has 0 aliphatic carbocycles. The van der Waals surface area contributed by atoms with Crippen LogP contribution in [0.2, 0.25) is 5.02 Å². The Bertz CT molecular complexity index is 629. The fraction of sp³-hybridized carbons (Fsp3) is 0.188. The molecule has 0 aromatic heterocycles. The van der Waals surface area contributed by atoms with Gasteiger partial charge in [-0.3, -0.25) is 4.79 Å². The number of benzene rings is 2. The van der Waals surface area contributed by atoms with E-state index in [1.807, 2.05) is 12.1 Å². The van der Waals surface area contributed by atoms with Gasteiger partial charge >= 0.3 is 0 Å². The highest BCUT2D eigenvalue weighted by atomic mass is 35.5. The summed E-state index contributed by atoms with van der Waals surface area (Å²) in [5, 5.41) is 6.38. The Labute approximate surface area is 128 Å². The Hall–Kier alpha value is -2.07. The largest absolute Gasteiger partial charge is 0.381 e. The smallest absolute Gasteiger partial charge is 0.224 e. The van der Waals surface area contributed by atoms with E-state index in [9.17, 15) is 9.18 Å². The van der Waals surface area contributed by atoms with Gasteiger partial charge in [0.05, 0.1) is 0 Å². The zero-order valence-electron chi connectivity index (χ0n) is 11.6. The molecular weight excluding hydrogens is 291 g/mol. The van der Waals surface area contributed by atoms with Crippen LogP contribution in [-0.2, 0) is 11.3 Å². The summed E-state index contributed by atoms with van der Waals surface area (Å²) < 4.78 is 13.6. The molecular formula is C16H16ClFN2O. The highest BCUT2D eigenvalue weighted by molar-refractivity contribution is 6.30. The van der Waals surface area contributed by atoms with Crippen LogP contribution >= 0.6 is 11.6 Å². The van der Waals surface area contributed by atoms with Gasteiger partial charge in [0, 0.05) is 34.9 Å². The molecule has 2 aromatic carbocycles. The lowest BCUT2D eigenvalue weighted by Gasteiger charge is -2.09. The molecule has 21 heavy (non-hydrogen) atoms. The Kier molecular flexibility index (Phi) is 5.17. The van der Waals surface area contributed by atoms with Crippen molar-refractivity contribution in [3.63, 3.8) is 0 Å². The molecule has 0 saturated heterocycles. The summed E-state index contributed by atoms with van der Waals surface area (Å²) >= 11 is 5.85. The van der Waals surface area contributed by atoms with E-state index in [0.717, 1.165) is 11.4 Å². The van der Waals surface area contributed by atoms with Gasteiger partial charge in [-0.05, 0) is 42.5 Å². The molecule has 2 N–H and O–H groups in total. The van der Waals surface area contributed by atoms with Crippen molar-refractivity contribution in [2.24, 2.45) is 0 Å². The van der Waals surface area contributed by atoms with E-state index in [4.69, 9.17) is 11.6 Å². The molecule has 0 fully saturated rings. The van der Waals surface area contributed by atoms with Crippen LogP contribution in [0.5, 0.6) is 0 Å². The molecule has 0 aliphatic rings. The summed E-state index contributed by atoms with van der Waals surface area (Å²) in [7, 11) is 0. The minimum Gasteiger partial charge on any atom is -0.381 e. The second kappa shape index (κ2) is 7.09. The second-order valence-electron chi connectivity index (χ2n) is 4.57. The van der Waals surface area contributed by atoms with Crippen LogP contribution in [0.3, 0.4) is 0 Å². The topological polar surface area (TPSA) is 41.1 Å². The van der Waals surface area contributed by atoms with Crippen LogP contribution in [0, 0.1) is 5.82 Å². The van der Waals surface area contributed by atoms with Crippen molar-refractivity contribution in [2.75, 3.05) is 10.6 Å². The molecule has 0 saturated carbocycles. The van der Waals surface area contributed by atoms with Crippen molar-refractivity contribution < 1.29 is 9.18 Å². The average Bonchev–Trinajstić information content (AvgIpc) is 2.49. The lowest BCUT2D eigenvalue weighted by Crippen LogP contribution is -2.09. The third-order valence-corrected chi connectivity index (χ3v) is 3.22. The molecule has 0 bridgehead atoms. The number of hydrogen-bond donors (Lipinski definition) is 2. The van der Waals surface area contributed by atoms with Gasteiger partial charge in [0.1, 0.15) is 5.82 Å². The van der Waals surface area contributed by atoms with Crippen molar-refractivity contribution in [3.05, 3.63) is 58.9 Å². The summed E-state index contributed by atoms with van der Waals surface area (Å²) in [6.07, 6.45) is 0.439. The van der Waals surface area contributed by atoms with Gasteiger partial charge in [-0.25, -0.2) is 4.39 Å². The Morgan fingerprint density at radius 2 is 1.81 bits per heavy atom. The maximum Gasteiger partial charge on any atom is 0.224 e. The van der Waals surface area contributed by atoms with Gasteiger partial charge in [-0.15, -0.1) is 0 Å². The normalized spacial score (nSPS) is 10.2. The quantitative estimate of drug-likeness (QED) is 0.857. The zero-order valence-corrected chi connectivity index (χ0v) is 12.4. The van der Waals surface area contributed by atoms with Crippen LogP contribution in [0.15, 0.2) is 42.5 Å². The standard InChI is InChI=1S/C16H16ClFN2O/c1-2-16(21)20-14-6-4-13(5-7-14)19-10-11-9-12(17)3-8-15(11)18/h3-9,19H,2,10H2,1H3,(H,20,21). The number of anilines is 2. The van der Waals surface area contributed by atoms with Crippen LogP contribution in [-0.4, -0.2) is 5.91 Å². The Morgan fingerprint density at radius 1 is 1.14 bits per heavy atom. The van der Waals surface area contributed by atoms with E-state index in [1.165, 1.54) is 12.1 Å². The third kappa shape index (κ3) is 4.46. The van der Waals surface area contributed by atoms with Crippen LogP contribution in [0.25, 0.3) is 0 Å². The number of carbonyl (C=O) groups excluding carboxylic acids is 1. The first-order valence-electron chi connectivity index (χ1n) is 6.66. The molecule has 0 aliphatic heterocycles. The van der Waals surface area contributed by atoms with Crippen molar-refractivity contribution in [1.82, 2.24) is 0 Å². The zero-order chi connectivity index (χ0) is 15.2. The van der Waals surface area contributed by atoms with Crippen LogP contribution < -0.4 is 10.6 Å². The summed E-state index contributed by atoms with van der Waals surface area (Å²) in [4.78, 5) is 11.3. The third-order valence-electron chi connectivity index (χ3n) is 2.98. The molecule has 0 radical (unpaired) electrons. The van der Waals surface area contributed by atoms with Crippen molar-refractivity contribution in [3.8, 4) is 0 Å². The predicted octanol–water partition coefficient (Wildman–Crippen LogP) is 4.44. The summed E-state index contributed by atoms with van der Waals surface area (Å²) in [6, 6.07) is 11.7. The van der Waals surface area contributed by atoms with E-state index in [0.29, 0.717) is 23.6 Å². The molecule has 0 unspecified atom stereocenters. The highest BCUT2D eigenvalue weighted by Crippen LogP contribution is 2.18. The fourth-order valence-corrected chi connectivity index (χ4v) is 1.99. The molecule has 2 aromatic rings. The van der Waals surface area contributed by atoms with Gasteiger partial charge in [-0.1, -0.05) is 18.5 Å². The van der Waals surface area contributed by atoms with Crippen LogP contribution in [0.4, 0.5) is 15.8 Å². The minimum absolute atomic E-state index is 0.0308. The number of rotatable bonds is 5. The Balaban J connectivity index is 1.97. The summed E-state index contributed by atoms with van der Waals surface area (Å²) in [5.41, 5.74) is 2.08. The highest BCUT2D eigenvalue weighted by Gasteiger charge is 2.03. The lowest BCUT2D eigenvalue weighted by molar-refractivity contribution is -0.115. The minimum atomic E-state index is -0.293. The van der Waals surface area contributed by atoms with E-state index >= 15 is 0 Å². The molecule has 0 heterocycles. The molecule has 2 rings (SSSR count). The first-order valence-corrected chi connectivity index (χ1v) is 7.04. The summed E-state index contributed by atoms with van der Waals surface area (Å²) in [6.45, 7) is 2.14. The summed E-state index contributed by atoms with van der Waals surface area (Å²) in [5.74, 6) is -0.324. The van der Waals surface area contributed by atoms with Gasteiger partial charge in [0.15, 0.2) is 0 Å². The average molecular weight is 307 g/mol. The number of carbonyl (C=O) groups is 1. The van der Waals surface area contributed by atoms with Crippen LogP contribution in [0.1, 0.15) is 18.9 Å². The van der Waals surface area contributed by atoms with E-state index in [1.54, 1.807) is 25.1 Å². The lowest BCUT2D eigenvalue weighted by atomic mass is 10.2. The first-order chi connectivity index (χ1) is 10.1. The maximum absolute atomic E-state index is 13.6. The SMILES string of the molecule is CCC(=O)Nc1ccc(NCc2cc(Cl)ccc2F)cc1. The van der Waals surface area contributed by atoms with E-state index in [-0.39, 0.29) is 11.7 Å². The number of halogens is 2. The van der Waals surface area contributed by atoms with Gasteiger partial charge in [-0.2, -0.15) is 0 Å². The van der Waals surface area contributed by atoms with E-state index < -0.39 is 0 Å². The monoisotopic (exact) mass is 306 g/mol. The fourth-order valence-electron chi connectivity index (χ4n) is 1.80. The van der Waals surface area contributed by atoms with Crippen molar-refractivity contribution >= 4 is 28.9 Å². The molecule has 1 amide bonds. The molecule has 3 nitrogen and oxygen atoms in total. The first kappa shape index (κ1) is 15.3. The number of nitrogens with one attached hydrogen (secondary N) is 2. The van der Waals surface area contributed by atoms with Gasteiger partial charge in [0.25, 0.3) is 0 Å². The Morgan fingerprint density at radius 3 is 2.48 bits per heavy atom. The van der Waals surface area contributed by atoms with Gasteiger partial charge < -0.3 is 10.6 Å².